The zero-order valence-electron chi connectivity index (χ0n) is 12.8. The van der Waals surface area contributed by atoms with Crippen LogP contribution in [0.3, 0.4) is 0 Å². The van der Waals surface area contributed by atoms with Gasteiger partial charge in [0.15, 0.2) is 0 Å². The predicted octanol–water partition coefficient (Wildman–Crippen LogP) is 1.52. The third-order valence-electron chi connectivity index (χ3n) is 3.91. The van der Waals surface area contributed by atoms with Crippen LogP contribution in [0.15, 0.2) is 0 Å². The molecule has 1 fully saturated rings. The van der Waals surface area contributed by atoms with E-state index in [4.69, 9.17) is 9.47 Å². The van der Waals surface area contributed by atoms with E-state index in [0.29, 0.717) is 0 Å². The van der Waals surface area contributed by atoms with E-state index in [1.54, 1.807) is 0 Å². The number of hydrogen-bond acceptors (Lipinski definition) is 6. The predicted molar refractivity (Wildman–Crippen MR) is 75.2 cm³/mol. The maximum atomic E-state index is 11.7. The van der Waals surface area contributed by atoms with Crippen LogP contribution in [0.25, 0.3) is 0 Å². The summed E-state index contributed by atoms with van der Waals surface area (Å²) in [7, 11) is 0. The van der Waals surface area contributed by atoms with Crippen LogP contribution in [0.4, 0.5) is 0 Å². The molecule has 0 amide bonds. The smallest absolute Gasteiger partial charge is 0.366 e. The number of rotatable bonds is 2. The fourth-order valence-corrected chi connectivity index (χ4v) is 2.31. The standard InChI is InChI=1S/C15H26O6/c1-3-11-7-8-12(4-2)21-13(16)6-5-9-15(18,19)14(17)20-10-11/h11-12,18-19H,3-10H2,1-2H3. The Labute approximate surface area is 125 Å². The van der Waals surface area contributed by atoms with E-state index in [1.165, 1.54) is 0 Å². The molecule has 0 aliphatic carbocycles. The van der Waals surface area contributed by atoms with Crippen LogP contribution in [-0.2, 0) is 19.1 Å². The Bertz CT molecular complexity index is 352. The van der Waals surface area contributed by atoms with Gasteiger partial charge < -0.3 is 19.7 Å². The molecular weight excluding hydrogens is 276 g/mol. The Morgan fingerprint density at radius 2 is 1.90 bits per heavy atom. The summed E-state index contributed by atoms with van der Waals surface area (Å²) in [6.07, 6.45) is 2.89. The van der Waals surface area contributed by atoms with Crippen molar-refractivity contribution in [3.05, 3.63) is 0 Å². The highest BCUT2D eigenvalue weighted by molar-refractivity contribution is 5.77. The quantitative estimate of drug-likeness (QED) is 0.593. The molecule has 1 rings (SSSR count). The molecule has 0 radical (unpaired) electrons. The summed E-state index contributed by atoms with van der Waals surface area (Å²) in [4.78, 5) is 23.4. The zero-order valence-corrected chi connectivity index (χ0v) is 12.8. The van der Waals surface area contributed by atoms with Crippen molar-refractivity contribution in [3.63, 3.8) is 0 Å². The van der Waals surface area contributed by atoms with Crippen molar-refractivity contribution in [2.45, 2.75) is 70.7 Å². The molecular formula is C15H26O6. The lowest BCUT2D eigenvalue weighted by Gasteiger charge is -2.21. The van der Waals surface area contributed by atoms with Gasteiger partial charge in [-0.15, -0.1) is 0 Å². The van der Waals surface area contributed by atoms with E-state index >= 15 is 0 Å². The van der Waals surface area contributed by atoms with Crippen molar-refractivity contribution in [2.24, 2.45) is 5.92 Å². The van der Waals surface area contributed by atoms with E-state index < -0.39 is 11.8 Å². The van der Waals surface area contributed by atoms with Gasteiger partial charge >= 0.3 is 11.9 Å². The van der Waals surface area contributed by atoms with Gasteiger partial charge in [-0.3, -0.25) is 4.79 Å². The molecule has 0 saturated carbocycles. The summed E-state index contributed by atoms with van der Waals surface area (Å²) >= 11 is 0. The minimum Gasteiger partial charge on any atom is -0.462 e. The highest BCUT2D eigenvalue weighted by Crippen LogP contribution is 2.20. The molecule has 2 unspecified atom stereocenters. The Hall–Kier alpha value is -1.14. The van der Waals surface area contributed by atoms with Crippen molar-refractivity contribution in [2.75, 3.05) is 6.61 Å². The van der Waals surface area contributed by atoms with Gasteiger partial charge in [-0.1, -0.05) is 20.3 Å². The van der Waals surface area contributed by atoms with Gasteiger partial charge in [-0.2, -0.15) is 0 Å². The molecule has 21 heavy (non-hydrogen) atoms. The summed E-state index contributed by atoms with van der Waals surface area (Å²) in [6, 6.07) is 0. The first-order valence-corrected chi connectivity index (χ1v) is 7.70. The zero-order chi connectivity index (χ0) is 15.9. The van der Waals surface area contributed by atoms with Crippen molar-refractivity contribution < 1.29 is 29.3 Å². The minimum atomic E-state index is -2.53. The number of carbonyl (C=O) groups excluding carboxylic acids is 2. The highest BCUT2D eigenvalue weighted by Gasteiger charge is 2.35. The molecule has 0 aromatic rings. The Kier molecular flexibility index (Phi) is 7.11. The Balaban J connectivity index is 2.74. The second-order valence-electron chi connectivity index (χ2n) is 5.64. The second-order valence-corrected chi connectivity index (χ2v) is 5.64. The maximum absolute atomic E-state index is 11.7. The lowest BCUT2D eigenvalue weighted by Crippen LogP contribution is -2.40. The van der Waals surface area contributed by atoms with E-state index in [0.717, 1.165) is 25.7 Å². The van der Waals surface area contributed by atoms with Gasteiger partial charge in [0.25, 0.3) is 5.79 Å². The largest absolute Gasteiger partial charge is 0.462 e. The SMILES string of the molecule is CCC1CCC(CC)OC(=O)CCCC(O)(O)C(=O)OC1. The van der Waals surface area contributed by atoms with Gasteiger partial charge in [-0.05, 0) is 31.6 Å². The molecule has 6 nitrogen and oxygen atoms in total. The summed E-state index contributed by atoms with van der Waals surface area (Å²) in [5, 5.41) is 19.3. The molecule has 0 bridgehead atoms. The van der Waals surface area contributed by atoms with Crippen molar-refractivity contribution >= 4 is 11.9 Å². The molecule has 6 heteroatoms. The van der Waals surface area contributed by atoms with Crippen molar-refractivity contribution in [3.8, 4) is 0 Å². The number of esters is 2. The number of aliphatic hydroxyl groups is 2. The normalized spacial score (nSPS) is 28.6. The molecule has 0 aromatic heterocycles. The summed E-state index contributed by atoms with van der Waals surface area (Å²) in [6.45, 7) is 4.10. The van der Waals surface area contributed by atoms with Crippen LogP contribution in [0.1, 0.15) is 58.8 Å². The molecule has 0 aromatic carbocycles. The monoisotopic (exact) mass is 302 g/mol. The summed E-state index contributed by atoms with van der Waals surface area (Å²) in [5.41, 5.74) is 0. The van der Waals surface area contributed by atoms with Crippen LogP contribution < -0.4 is 0 Å². The van der Waals surface area contributed by atoms with Crippen molar-refractivity contribution in [1.29, 1.82) is 0 Å². The number of hydrogen-bond donors (Lipinski definition) is 2. The fourth-order valence-electron chi connectivity index (χ4n) is 2.31. The number of carbonyl (C=O) groups is 2. The summed E-state index contributed by atoms with van der Waals surface area (Å²) < 4.78 is 10.4. The molecule has 1 saturated heterocycles. The van der Waals surface area contributed by atoms with E-state index in [-0.39, 0.29) is 43.9 Å². The van der Waals surface area contributed by atoms with E-state index in [9.17, 15) is 19.8 Å². The van der Waals surface area contributed by atoms with Crippen LogP contribution in [0.5, 0.6) is 0 Å². The van der Waals surface area contributed by atoms with Gasteiger partial charge in [0.1, 0.15) is 6.10 Å². The van der Waals surface area contributed by atoms with Crippen LogP contribution in [0.2, 0.25) is 0 Å². The third kappa shape index (κ3) is 6.01. The van der Waals surface area contributed by atoms with E-state index in [2.05, 4.69) is 0 Å². The average Bonchev–Trinajstić information content (AvgIpc) is 2.45. The number of cyclic esters (lactones) is 2. The first kappa shape index (κ1) is 17.9. The molecule has 2 atom stereocenters. The van der Waals surface area contributed by atoms with Crippen LogP contribution >= 0.6 is 0 Å². The van der Waals surface area contributed by atoms with E-state index in [1.807, 2.05) is 13.8 Å². The lowest BCUT2D eigenvalue weighted by molar-refractivity contribution is -0.213. The topological polar surface area (TPSA) is 93.1 Å². The molecule has 122 valence electrons. The third-order valence-corrected chi connectivity index (χ3v) is 3.91. The fraction of sp³-hybridized carbons (Fsp3) is 0.867. The van der Waals surface area contributed by atoms with Crippen LogP contribution in [0, 0.1) is 5.92 Å². The minimum absolute atomic E-state index is 0.0594. The second kappa shape index (κ2) is 8.34. The lowest BCUT2D eigenvalue weighted by atomic mass is 9.98. The Morgan fingerprint density at radius 3 is 2.52 bits per heavy atom. The molecule has 0 spiro atoms. The highest BCUT2D eigenvalue weighted by atomic mass is 16.6. The summed E-state index contributed by atoms with van der Waals surface area (Å²) in [5.74, 6) is -3.81. The number of ether oxygens (including phenoxy) is 2. The average molecular weight is 302 g/mol. The molecule has 1 heterocycles. The molecule has 1 aliphatic rings. The Morgan fingerprint density at radius 1 is 1.19 bits per heavy atom. The maximum Gasteiger partial charge on any atom is 0.366 e. The van der Waals surface area contributed by atoms with Gasteiger partial charge in [-0.25, -0.2) is 4.79 Å². The first-order chi connectivity index (χ1) is 9.89. The van der Waals surface area contributed by atoms with Gasteiger partial charge in [0.05, 0.1) is 6.61 Å². The van der Waals surface area contributed by atoms with Gasteiger partial charge in [0, 0.05) is 12.8 Å². The van der Waals surface area contributed by atoms with Gasteiger partial charge in [0.2, 0.25) is 0 Å². The van der Waals surface area contributed by atoms with Crippen molar-refractivity contribution in [1.82, 2.24) is 0 Å². The molecule has 2 N–H and O–H groups in total. The molecule has 1 aliphatic heterocycles. The first-order valence-electron chi connectivity index (χ1n) is 7.70. The van der Waals surface area contributed by atoms with Crippen LogP contribution in [-0.4, -0.2) is 40.6 Å².